The standard InChI is InChI=1S/C17H20N4O4/c1-4-10-20-16(22)9-8-15(18-20)17(23)19(3)12(2)13-6-5-7-14(11-13)21(24)25/h5-9,11-12H,4,10H2,1-3H3. The Morgan fingerprint density at radius 3 is 2.72 bits per heavy atom. The number of carbonyl (C=O) groups is 1. The Bertz CT molecular complexity index is 847. The lowest BCUT2D eigenvalue weighted by atomic mass is 10.1. The molecule has 1 heterocycles. The van der Waals surface area contributed by atoms with Gasteiger partial charge in [0.25, 0.3) is 17.2 Å². The molecule has 1 unspecified atom stereocenters. The molecule has 0 aliphatic heterocycles. The molecule has 0 bridgehead atoms. The Kier molecular flexibility index (Phi) is 5.63. The van der Waals surface area contributed by atoms with Gasteiger partial charge in [-0.25, -0.2) is 4.68 Å². The molecule has 2 aromatic rings. The molecule has 2 rings (SSSR count). The number of hydrogen-bond acceptors (Lipinski definition) is 5. The highest BCUT2D eigenvalue weighted by atomic mass is 16.6. The number of hydrogen-bond donors (Lipinski definition) is 0. The number of nitrogens with zero attached hydrogens (tertiary/aromatic N) is 4. The fourth-order valence-electron chi connectivity index (χ4n) is 2.41. The van der Waals surface area contributed by atoms with Crippen LogP contribution in [0.2, 0.25) is 0 Å². The first kappa shape index (κ1) is 18.3. The topological polar surface area (TPSA) is 98.3 Å². The molecular weight excluding hydrogens is 324 g/mol. The number of nitro benzene ring substituents is 1. The van der Waals surface area contributed by atoms with Crippen molar-refractivity contribution in [3.05, 3.63) is 68.1 Å². The maximum atomic E-state index is 12.7. The summed E-state index contributed by atoms with van der Waals surface area (Å²) in [6.07, 6.45) is 0.727. The van der Waals surface area contributed by atoms with Crippen molar-refractivity contribution in [1.29, 1.82) is 0 Å². The zero-order valence-electron chi connectivity index (χ0n) is 14.4. The minimum atomic E-state index is -0.472. The highest BCUT2D eigenvalue weighted by molar-refractivity contribution is 5.92. The molecular formula is C17H20N4O4. The average molecular weight is 344 g/mol. The van der Waals surface area contributed by atoms with Crippen LogP contribution in [0.4, 0.5) is 5.69 Å². The second kappa shape index (κ2) is 7.69. The number of non-ortho nitro benzene ring substituents is 1. The van der Waals surface area contributed by atoms with Crippen LogP contribution in [-0.4, -0.2) is 32.6 Å². The zero-order valence-corrected chi connectivity index (χ0v) is 14.4. The third-order valence-electron chi connectivity index (χ3n) is 3.99. The Hall–Kier alpha value is -3.03. The molecule has 1 aromatic heterocycles. The van der Waals surface area contributed by atoms with Crippen LogP contribution in [0.25, 0.3) is 0 Å². The Labute approximate surface area is 144 Å². The van der Waals surface area contributed by atoms with Crippen molar-refractivity contribution in [1.82, 2.24) is 14.7 Å². The van der Waals surface area contributed by atoms with Gasteiger partial charge in [0.2, 0.25) is 0 Å². The first-order valence-electron chi connectivity index (χ1n) is 7.94. The highest BCUT2D eigenvalue weighted by Gasteiger charge is 2.22. The van der Waals surface area contributed by atoms with Crippen LogP contribution in [0.5, 0.6) is 0 Å². The number of aromatic nitrogens is 2. The van der Waals surface area contributed by atoms with Gasteiger partial charge in [-0.3, -0.25) is 19.7 Å². The summed E-state index contributed by atoms with van der Waals surface area (Å²) in [6, 6.07) is 8.49. The lowest BCUT2D eigenvalue weighted by Crippen LogP contribution is -2.33. The molecule has 0 aliphatic carbocycles. The molecule has 0 saturated heterocycles. The van der Waals surface area contributed by atoms with Gasteiger partial charge in [0.05, 0.1) is 11.0 Å². The van der Waals surface area contributed by atoms with E-state index in [0.717, 1.165) is 6.42 Å². The molecule has 0 fully saturated rings. The van der Waals surface area contributed by atoms with Gasteiger partial charge in [-0.15, -0.1) is 0 Å². The van der Waals surface area contributed by atoms with Crippen molar-refractivity contribution in [2.24, 2.45) is 0 Å². The molecule has 0 saturated carbocycles. The summed E-state index contributed by atoms with van der Waals surface area (Å²) in [5, 5.41) is 15.0. The van der Waals surface area contributed by atoms with E-state index < -0.39 is 4.92 Å². The number of amides is 1. The van der Waals surface area contributed by atoms with E-state index in [2.05, 4.69) is 5.10 Å². The second-order valence-electron chi connectivity index (χ2n) is 5.72. The third-order valence-corrected chi connectivity index (χ3v) is 3.99. The van der Waals surface area contributed by atoms with Crippen LogP contribution in [0.3, 0.4) is 0 Å². The van der Waals surface area contributed by atoms with E-state index >= 15 is 0 Å². The minimum Gasteiger partial charge on any atom is -0.334 e. The lowest BCUT2D eigenvalue weighted by Gasteiger charge is -2.25. The van der Waals surface area contributed by atoms with Gasteiger partial charge in [0, 0.05) is 31.8 Å². The molecule has 1 aromatic carbocycles. The molecule has 8 heteroatoms. The predicted molar refractivity (Wildman–Crippen MR) is 92.4 cm³/mol. The molecule has 1 amide bonds. The van der Waals surface area contributed by atoms with Crippen molar-refractivity contribution in [2.45, 2.75) is 32.9 Å². The van der Waals surface area contributed by atoms with Gasteiger partial charge >= 0.3 is 0 Å². The largest absolute Gasteiger partial charge is 0.334 e. The highest BCUT2D eigenvalue weighted by Crippen LogP contribution is 2.23. The summed E-state index contributed by atoms with van der Waals surface area (Å²) in [5.41, 5.74) is 0.521. The third kappa shape index (κ3) is 4.09. The van der Waals surface area contributed by atoms with E-state index in [0.29, 0.717) is 12.1 Å². The molecule has 132 valence electrons. The number of benzene rings is 1. The molecule has 0 spiro atoms. The molecule has 25 heavy (non-hydrogen) atoms. The first-order valence-corrected chi connectivity index (χ1v) is 7.94. The monoisotopic (exact) mass is 344 g/mol. The number of carbonyl (C=O) groups excluding carboxylic acids is 1. The van der Waals surface area contributed by atoms with E-state index in [9.17, 15) is 19.7 Å². The Morgan fingerprint density at radius 1 is 1.36 bits per heavy atom. The summed E-state index contributed by atoms with van der Waals surface area (Å²) in [7, 11) is 1.60. The van der Waals surface area contributed by atoms with Gasteiger partial charge < -0.3 is 4.90 Å². The Balaban J connectivity index is 2.27. The predicted octanol–water partition coefficient (Wildman–Crippen LogP) is 2.39. The number of aryl methyl sites for hydroxylation is 1. The van der Waals surface area contributed by atoms with Gasteiger partial charge in [0.15, 0.2) is 0 Å². The quantitative estimate of drug-likeness (QED) is 0.592. The smallest absolute Gasteiger partial charge is 0.274 e. The molecule has 0 N–H and O–H groups in total. The van der Waals surface area contributed by atoms with Crippen molar-refractivity contribution in [2.75, 3.05) is 7.05 Å². The van der Waals surface area contributed by atoms with Crippen molar-refractivity contribution in [3.8, 4) is 0 Å². The van der Waals surface area contributed by atoms with Gasteiger partial charge in [-0.1, -0.05) is 19.1 Å². The second-order valence-corrected chi connectivity index (χ2v) is 5.72. The van der Waals surface area contributed by atoms with Gasteiger partial charge in [-0.2, -0.15) is 5.10 Å². The summed E-state index contributed by atoms with van der Waals surface area (Å²) >= 11 is 0. The van der Waals surface area contributed by atoms with Crippen molar-refractivity contribution >= 4 is 11.6 Å². The maximum absolute atomic E-state index is 12.7. The molecule has 0 radical (unpaired) electrons. The summed E-state index contributed by atoms with van der Waals surface area (Å²) < 4.78 is 1.26. The van der Waals surface area contributed by atoms with E-state index in [1.54, 1.807) is 26.1 Å². The SMILES string of the molecule is CCCn1nc(C(=O)N(C)C(C)c2cccc([N+](=O)[O-])c2)ccc1=O. The van der Waals surface area contributed by atoms with Crippen molar-refractivity contribution < 1.29 is 9.72 Å². The summed E-state index contributed by atoms with van der Waals surface area (Å²) in [5.74, 6) is -0.358. The first-order chi connectivity index (χ1) is 11.8. The fourth-order valence-corrected chi connectivity index (χ4v) is 2.41. The number of nitro groups is 1. The molecule has 8 nitrogen and oxygen atoms in total. The molecule has 1 atom stereocenters. The van der Waals surface area contributed by atoms with E-state index in [4.69, 9.17) is 0 Å². The normalized spacial score (nSPS) is 11.8. The Morgan fingerprint density at radius 2 is 2.08 bits per heavy atom. The van der Waals surface area contributed by atoms with E-state index in [1.165, 1.54) is 33.8 Å². The summed E-state index contributed by atoms with van der Waals surface area (Å²) in [4.78, 5) is 36.3. The van der Waals surface area contributed by atoms with E-state index in [-0.39, 0.29) is 28.9 Å². The van der Waals surface area contributed by atoms with E-state index in [1.807, 2.05) is 6.92 Å². The average Bonchev–Trinajstić information content (AvgIpc) is 2.62. The van der Waals surface area contributed by atoms with Crippen LogP contribution in [-0.2, 0) is 6.54 Å². The van der Waals surface area contributed by atoms with Crippen LogP contribution in [0, 0.1) is 10.1 Å². The summed E-state index contributed by atoms with van der Waals surface area (Å²) in [6.45, 7) is 4.13. The number of rotatable bonds is 6. The van der Waals surface area contributed by atoms with Gasteiger partial charge in [0.1, 0.15) is 5.69 Å². The maximum Gasteiger partial charge on any atom is 0.274 e. The zero-order chi connectivity index (χ0) is 18.6. The van der Waals surface area contributed by atoms with Crippen LogP contribution >= 0.6 is 0 Å². The van der Waals surface area contributed by atoms with Crippen LogP contribution in [0.1, 0.15) is 42.4 Å². The van der Waals surface area contributed by atoms with Crippen LogP contribution in [0.15, 0.2) is 41.2 Å². The minimum absolute atomic E-state index is 0.0279. The van der Waals surface area contributed by atoms with Gasteiger partial charge in [-0.05, 0) is 25.0 Å². The fraction of sp³-hybridized carbons (Fsp3) is 0.353. The van der Waals surface area contributed by atoms with Crippen molar-refractivity contribution in [3.63, 3.8) is 0 Å². The molecule has 0 aliphatic rings. The van der Waals surface area contributed by atoms with Crippen LogP contribution < -0.4 is 5.56 Å². The lowest BCUT2D eigenvalue weighted by molar-refractivity contribution is -0.384.